The van der Waals surface area contributed by atoms with Crippen LogP contribution in [0, 0.1) is 11.8 Å². The Bertz CT molecular complexity index is 99.4. The molecule has 0 aliphatic heterocycles. The molecule has 0 bridgehead atoms. The fourth-order valence-electron chi connectivity index (χ4n) is 1.12. The van der Waals surface area contributed by atoms with E-state index in [1.54, 1.807) is 0 Å². The molecule has 3 N–H and O–H groups in total. The van der Waals surface area contributed by atoms with Gasteiger partial charge in [0.05, 0.1) is 0 Å². The van der Waals surface area contributed by atoms with Gasteiger partial charge >= 0.3 is 0 Å². The quantitative estimate of drug-likeness (QED) is 0.602. The van der Waals surface area contributed by atoms with E-state index in [1.807, 2.05) is 0 Å². The molecule has 1 aliphatic carbocycles. The van der Waals surface area contributed by atoms with Gasteiger partial charge in [-0.25, -0.2) is 0 Å². The second-order valence-corrected chi connectivity index (χ2v) is 3.52. The Morgan fingerprint density at radius 3 is 2.70 bits per heavy atom. The summed E-state index contributed by atoms with van der Waals surface area (Å²) in [7, 11) is 0. The van der Waals surface area contributed by atoms with E-state index in [2.05, 4.69) is 19.2 Å². The van der Waals surface area contributed by atoms with Gasteiger partial charge in [-0.1, -0.05) is 6.92 Å². The fraction of sp³-hybridized carbons (Fsp3) is 1.00. The van der Waals surface area contributed by atoms with Gasteiger partial charge in [0, 0.05) is 12.6 Å². The van der Waals surface area contributed by atoms with Crippen LogP contribution in [0.3, 0.4) is 0 Å². The van der Waals surface area contributed by atoms with E-state index in [9.17, 15) is 0 Å². The standard InChI is InChI=1S/C8H18N2/c1-6-3-8(6)5-10-7(2)4-9/h6-8,10H,3-5,9H2,1-2H3. The summed E-state index contributed by atoms with van der Waals surface area (Å²) in [6.07, 6.45) is 1.41. The Hall–Kier alpha value is -0.0800. The summed E-state index contributed by atoms with van der Waals surface area (Å²) in [5.41, 5.74) is 5.45. The van der Waals surface area contributed by atoms with Crippen LogP contribution < -0.4 is 11.1 Å². The van der Waals surface area contributed by atoms with Crippen LogP contribution in [0.1, 0.15) is 20.3 Å². The molecular formula is C8H18N2. The fourth-order valence-corrected chi connectivity index (χ4v) is 1.12. The van der Waals surface area contributed by atoms with Gasteiger partial charge in [0.15, 0.2) is 0 Å². The number of nitrogens with two attached hydrogens (primary N) is 1. The molecule has 60 valence electrons. The molecule has 0 aromatic rings. The minimum atomic E-state index is 0.493. The van der Waals surface area contributed by atoms with Crippen molar-refractivity contribution in [3.05, 3.63) is 0 Å². The average molecular weight is 142 g/mol. The molecule has 1 rings (SSSR count). The topological polar surface area (TPSA) is 38.0 Å². The number of hydrogen-bond donors (Lipinski definition) is 2. The summed E-state index contributed by atoms with van der Waals surface area (Å²) < 4.78 is 0. The zero-order valence-electron chi connectivity index (χ0n) is 6.93. The summed E-state index contributed by atoms with van der Waals surface area (Å²) >= 11 is 0. The maximum Gasteiger partial charge on any atom is 0.0162 e. The van der Waals surface area contributed by atoms with Crippen LogP contribution in [-0.2, 0) is 0 Å². The molecule has 1 fully saturated rings. The highest BCUT2D eigenvalue weighted by Gasteiger charge is 2.31. The summed E-state index contributed by atoms with van der Waals surface area (Å²) in [5.74, 6) is 1.89. The minimum Gasteiger partial charge on any atom is -0.329 e. The molecule has 2 heteroatoms. The highest BCUT2D eigenvalue weighted by Crippen LogP contribution is 2.36. The van der Waals surface area contributed by atoms with E-state index in [-0.39, 0.29) is 0 Å². The smallest absolute Gasteiger partial charge is 0.0162 e. The lowest BCUT2D eigenvalue weighted by atomic mass is 10.3. The van der Waals surface area contributed by atoms with Gasteiger partial charge in [-0.05, 0) is 31.7 Å². The van der Waals surface area contributed by atoms with Gasteiger partial charge in [0.1, 0.15) is 0 Å². The van der Waals surface area contributed by atoms with E-state index in [4.69, 9.17) is 5.73 Å². The lowest BCUT2D eigenvalue weighted by Gasteiger charge is -2.09. The first-order valence-electron chi connectivity index (χ1n) is 4.17. The molecule has 2 nitrogen and oxygen atoms in total. The summed E-state index contributed by atoms with van der Waals surface area (Å²) in [6.45, 7) is 6.35. The predicted octanol–water partition coefficient (Wildman–Crippen LogP) is 0.579. The van der Waals surface area contributed by atoms with Crippen LogP contribution in [0.5, 0.6) is 0 Å². The zero-order chi connectivity index (χ0) is 7.56. The lowest BCUT2D eigenvalue weighted by Crippen LogP contribution is -2.34. The largest absolute Gasteiger partial charge is 0.329 e. The van der Waals surface area contributed by atoms with Crippen molar-refractivity contribution in [2.75, 3.05) is 13.1 Å². The van der Waals surface area contributed by atoms with Crippen LogP contribution in [0.25, 0.3) is 0 Å². The Labute approximate surface area is 63.2 Å². The van der Waals surface area contributed by atoms with E-state index < -0.39 is 0 Å². The minimum absolute atomic E-state index is 0.493. The van der Waals surface area contributed by atoms with Crippen molar-refractivity contribution in [1.29, 1.82) is 0 Å². The third-order valence-corrected chi connectivity index (χ3v) is 2.36. The Balaban J connectivity index is 1.95. The second-order valence-electron chi connectivity index (χ2n) is 3.52. The Kier molecular flexibility index (Phi) is 2.69. The molecule has 1 saturated carbocycles. The van der Waals surface area contributed by atoms with Crippen molar-refractivity contribution in [2.45, 2.75) is 26.3 Å². The first kappa shape index (κ1) is 8.02. The monoisotopic (exact) mass is 142 g/mol. The van der Waals surface area contributed by atoms with E-state index in [0.29, 0.717) is 6.04 Å². The van der Waals surface area contributed by atoms with E-state index in [1.165, 1.54) is 13.0 Å². The molecular weight excluding hydrogens is 124 g/mol. The van der Waals surface area contributed by atoms with Crippen LogP contribution in [-0.4, -0.2) is 19.1 Å². The van der Waals surface area contributed by atoms with Crippen molar-refractivity contribution in [2.24, 2.45) is 17.6 Å². The molecule has 0 aromatic heterocycles. The van der Waals surface area contributed by atoms with Crippen LogP contribution >= 0.6 is 0 Å². The van der Waals surface area contributed by atoms with Crippen molar-refractivity contribution in [3.8, 4) is 0 Å². The molecule has 0 aromatic carbocycles. The van der Waals surface area contributed by atoms with Gasteiger partial charge in [-0.3, -0.25) is 0 Å². The number of nitrogens with one attached hydrogen (secondary N) is 1. The molecule has 0 saturated heterocycles. The molecule has 3 unspecified atom stereocenters. The van der Waals surface area contributed by atoms with Crippen LogP contribution in [0.4, 0.5) is 0 Å². The molecule has 0 radical (unpaired) electrons. The molecule has 3 atom stereocenters. The van der Waals surface area contributed by atoms with Crippen LogP contribution in [0.15, 0.2) is 0 Å². The van der Waals surface area contributed by atoms with Crippen molar-refractivity contribution < 1.29 is 0 Å². The number of rotatable bonds is 4. The predicted molar refractivity (Wildman–Crippen MR) is 43.8 cm³/mol. The maximum atomic E-state index is 5.45. The third-order valence-electron chi connectivity index (χ3n) is 2.36. The van der Waals surface area contributed by atoms with Gasteiger partial charge in [0.25, 0.3) is 0 Å². The highest BCUT2D eigenvalue weighted by atomic mass is 14.9. The van der Waals surface area contributed by atoms with Gasteiger partial charge in [-0.2, -0.15) is 0 Å². The SMILES string of the molecule is CC(CN)NCC1CC1C. The van der Waals surface area contributed by atoms with Crippen LogP contribution in [0.2, 0.25) is 0 Å². The van der Waals surface area contributed by atoms with Gasteiger partial charge in [0.2, 0.25) is 0 Å². The summed E-state index contributed by atoms with van der Waals surface area (Å²) in [6, 6.07) is 0.493. The van der Waals surface area contributed by atoms with E-state index in [0.717, 1.165) is 18.4 Å². The van der Waals surface area contributed by atoms with Crippen molar-refractivity contribution in [1.82, 2.24) is 5.32 Å². The first-order chi connectivity index (χ1) is 4.74. The van der Waals surface area contributed by atoms with E-state index >= 15 is 0 Å². The molecule has 0 amide bonds. The van der Waals surface area contributed by atoms with Crippen molar-refractivity contribution >= 4 is 0 Å². The second kappa shape index (κ2) is 3.35. The zero-order valence-corrected chi connectivity index (χ0v) is 6.93. The number of hydrogen-bond acceptors (Lipinski definition) is 2. The molecule has 0 heterocycles. The third kappa shape index (κ3) is 2.27. The Morgan fingerprint density at radius 2 is 2.30 bits per heavy atom. The van der Waals surface area contributed by atoms with Gasteiger partial charge in [-0.15, -0.1) is 0 Å². The average Bonchev–Trinajstić information content (AvgIpc) is 2.61. The molecule has 10 heavy (non-hydrogen) atoms. The molecule has 0 spiro atoms. The first-order valence-corrected chi connectivity index (χ1v) is 4.17. The molecule has 1 aliphatic rings. The van der Waals surface area contributed by atoms with Gasteiger partial charge < -0.3 is 11.1 Å². The summed E-state index contributed by atoms with van der Waals surface area (Å²) in [4.78, 5) is 0. The highest BCUT2D eigenvalue weighted by molar-refractivity contribution is 4.84. The summed E-state index contributed by atoms with van der Waals surface area (Å²) in [5, 5.41) is 3.40. The Morgan fingerprint density at radius 1 is 1.70 bits per heavy atom. The van der Waals surface area contributed by atoms with Crippen molar-refractivity contribution in [3.63, 3.8) is 0 Å². The maximum absolute atomic E-state index is 5.45. The lowest BCUT2D eigenvalue weighted by molar-refractivity contribution is 0.523. The normalized spacial score (nSPS) is 33.9.